The Hall–Kier alpha value is -1.47. The molecule has 1 fully saturated rings. The van der Waals surface area contributed by atoms with Gasteiger partial charge in [0, 0.05) is 31.9 Å². The van der Waals surface area contributed by atoms with E-state index in [0.717, 1.165) is 38.4 Å². The molecule has 0 spiro atoms. The Balaban J connectivity index is 1.74. The quantitative estimate of drug-likeness (QED) is 0.716. The first kappa shape index (κ1) is 17.9. The van der Waals surface area contributed by atoms with Gasteiger partial charge in [-0.2, -0.15) is 0 Å². The maximum absolute atomic E-state index is 11.8. The molecule has 1 aliphatic rings. The SMILES string of the molecule is CCCN1CCN(c2ccc(OCCOC(F)(F)F)cc2)CC1. The zero-order valence-electron chi connectivity index (χ0n) is 13.3. The summed E-state index contributed by atoms with van der Waals surface area (Å²) < 4.78 is 44.4. The first-order valence-electron chi connectivity index (χ1n) is 7.89. The van der Waals surface area contributed by atoms with Gasteiger partial charge in [0.1, 0.15) is 12.4 Å². The number of halogens is 3. The highest BCUT2D eigenvalue weighted by atomic mass is 19.4. The van der Waals surface area contributed by atoms with Crippen LogP contribution in [0.4, 0.5) is 18.9 Å². The van der Waals surface area contributed by atoms with Gasteiger partial charge in [-0.25, -0.2) is 0 Å². The highest BCUT2D eigenvalue weighted by Crippen LogP contribution is 2.21. The normalized spacial score (nSPS) is 16.6. The number of rotatable bonds is 7. The van der Waals surface area contributed by atoms with Gasteiger partial charge in [-0.3, -0.25) is 9.64 Å². The molecule has 130 valence electrons. The molecule has 0 aliphatic carbocycles. The summed E-state index contributed by atoms with van der Waals surface area (Å²) in [6.07, 6.45) is -3.43. The number of alkyl halides is 3. The van der Waals surface area contributed by atoms with Crippen LogP contribution in [-0.4, -0.2) is 57.2 Å². The molecule has 4 nitrogen and oxygen atoms in total. The summed E-state index contributed by atoms with van der Waals surface area (Å²) in [5.41, 5.74) is 1.11. The van der Waals surface area contributed by atoms with Crippen molar-refractivity contribution in [2.24, 2.45) is 0 Å². The van der Waals surface area contributed by atoms with Gasteiger partial charge in [0.15, 0.2) is 0 Å². The van der Waals surface area contributed by atoms with Gasteiger partial charge >= 0.3 is 6.36 Å². The van der Waals surface area contributed by atoms with Crippen molar-refractivity contribution in [3.63, 3.8) is 0 Å². The van der Waals surface area contributed by atoms with E-state index in [1.54, 1.807) is 12.1 Å². The lowest BCUT2D eigenvalue weighted by Gasteiger charge is -2.36. The molecule has 1 aliphatic heterocycles. The van der Waals surface area contributed by atoms with E-state index in [-0.39, 0.29) is 6.61 Å². The predicted octanol–water partition coefficient (Wildman–Crippen LogP) is 3.13. The van der Waals surface area contributed by atoms with Crippen LogP contribution >= 0.6 is 0 Å². The molecule has 7 heteroatoms. The van der Waals surface area contributed by atoms with Crippen LogP contribution in [0.15, 0.2) is 24.3 Å². The van der Waals surface area contributed by atoms with Crippen molar-refractivity contribution >= 4 is 5.69 Å². The van der Waals surface area contributed by atoms with E-state index < -0.39 is 13.0 Å². The number of piperazine rings is 1. The molecule has 1 saturated heterocycles. The van der Waals surface area contributed by atoms with Gasteiger partial charge in [-0.15, -0.1) is 13.2 Å². The van der Waals surface area contributed by atoms with Crippen molar-refractivity contribution in [1.29, 1.82) is 0 Å². The Morgan fingerprint density at radius 3 is 2.22 bits per heavy atom. The highest BCUT2D eigenvalue weighted by Gasteiger charge is 2.28. The summed E-state index contributed by atoms with van der Waals surface area (Å²) >= 11 is 0. The zero-order chi connectivity index (χ0) is 16.7. The third-order valence-electron chi connectivity index (χ3n) is 3.73. The number of hydrogen-bond acceptors (Lipinski definition) is 4. The maximum atomic E-state index is 11.8. The third kappa shape index (κ3) is 6.27. The Kier molecular flexibility index (Phi) is 6.53. The summed E-state index contributed by atoms with van der Waals surface area (Å²) in [4.78, 5) is 4.76. The third-order valence-corrected chi connectivity index (χ3v) is 3.73. The van der Waals surface area contributed by atoms with E-state index in [2.05, 4.69) is 21.5 Å². The Morgan fingerprint density at radius 2 is 1.65 bits per heavy atom. The average molecular weight is 332 g/mol. The number of nitrogens with zero attached hydrogens (tertiary/aromatic N) is 2. The van der Waals surface area contributed by atoms with Crippen LogP contribution in [0.1, 0.15) is 13.3 Å². The van der Waals surface area contributed by atoms with Crippen molar-refractivity contribution in [1.82, 2.24) is 4.90 Å². The lowest BCUT2D eigenvalue weighted by Crippen LogP contribution is -2.46. The van der Waals surface area contributed by atoms with E-state index >= 15 is 0 Å². The van der Waals surface area contributed by atoms with E-state index in [1.807, 2.05) is 12.1 Å². The minimum atomic E-state index is -4.60. The first-order chi connectivity index (χ1) is 11.0. The van der Waals surface area contributed by atoms with Crippen molar-refractivity contribution in [2.75, 3.05) is 50.8 Å². The van der Waals surface area contributed by atoms with Crippen molar-refractivity contribution in [3.05, 3.63) is 24.3 Å². The number of anilines is 1. The molecule has 0 N–H and O–H groups in total. The lowest BCUT2D eigenvalue weighted by molar-refractivity contribution is -0.325. The summed E-state index contributed by atoms with van der Waals surface area (Å²) in [6, 6.07) is 7.44. The molecular formula is C16H23F3N2O2. The molecule has 0 bridgehead atoms. The van der Waals surface area contributed by atoms with Gasteiger partial charge in [-0.05, 0) is 37.2 Å². The van der Waals surface area contributed by atoms with Crippen LogP contribution in [0.5, 0.6) is 5.75 Å². The second-order valence-electron chi connectivity index (χ2n) is 5.47. The minimum Gasteiger partial charge on any atom is -0.491 e. The van der Waals surface area contributed by atoms with Crippen LogP contribution in [0, 0.1) is 0 Å². The van der Waals surface area contributed by atoms with Crippen LogP contribution < -0.4 is 9.64 Å². The second-order valence-corrected chi connectivity index (χ2v) is 5.47. The fourth-order valence-corrected chi connectivity index (χ4v) is 2.62. The molecule has 1 heterocycles. The molecule has 0 saturated carbocycles. The summed E-state index contributed by atoms with van der Waals surface area (Å²) in [5.74, 6) is 0.546. The first-order valence-corrected chi connectivity index (χ1v) is 7.89. The smallest absolute Gasteiger partial charge is 0.491 e. The van der Waals surface area contributed by atoms with Gasteiger partial charge in [0.2, 0.25) is 0 Å². The fourth-order valence-electron chi connectivity index (χ4n) is 2.62. The Morgan fingerprint density at radius 1 is 1.00 bits per heavy atom. The van der Waals surface area contributed by atoms with Crippen molar-refractivity contribution < 1.29 is 22.6 Å². The summed E-state index contributed by atoms with van der Waals surface area (Å²) in [5, 5.41) is 0. The van der Waals surface area contributed by atoms with Gasteiger partial charge in [-0.1, -0.05) is 6.92 Å². The number of benzene rings is 1. The van der Waals surface area contributed by atoms with Crippen LogP contribution in [0.3, 0.4) is 0 Å². The summed E-state index contributed by atoms with van der Waals surface area (Å²) in [6.45, 7) is 6.77. The van der Waals surface area contributed by atoms with Gasteiger partial charge < -0.3 is 9.64 Å². The molecule has 2 rings (SSSR count). The molecule has 0 aromatic heterocycles. The van der Waals surface area contributed by atoms with Crippen molar-refractivity contribution in [2.45, 2.75) is 19.7 Å². The van der Waals surface area contributed by atoms with Gasteiger partial charge in [0.25, 0.3) is 0 Å². The molecule has 1 aromatic carbocycles. The van der Waals surface area contributed by atoms with E-state index in [0.29, 0.717) is 5.75 Å². The molecule has 1 aromatic rings. The predicted molar refractivity (Wildman–Crippen MR) is 82.9 cm³/mol. The molecule has 0 amide bonds. The lowest BCUT2D eigenvalue weighted by atomic mass is 10.2. The van der Waals surface area contributed by atoms with Crippen molar-refractivity contribution in [3.8, 4) is 5.75 Å². The number of hydrogen-bond donors (Lipinski definition) is 0. The number of ether oxygens (including phenoxy) is 2. The standard InChI is InChI=1S/C16H23F3N2O2/c1-2-7-20-8-10-21(11-9-20)14-3-5-15(6-4-14)22-12-13-23-16(17,18)19/h3-6H,2,7-13H2,1H3. The molecular weight excluding hydrogens is 309 g/mol. The monoisotopic (exact) mass is 332 g/mol. The van der Waals surface area contributed by atoms with E-state index in [4.69, 9.17) is 4.74 Å². The summed E-state index contributed by atoms with van der Waals surface area (Å²) in [7, 11) is 0. The largest absolute Gasteiger partial charge is 0.522 e. The topological polar surface area (TPSA) is 24.9 Å². The molecule has 0 radical (unpaired) electrons. The maximum Gasteiger partial charge on any atom is 0.522 e. The van der Waals surface area contributed by atoms with Gasteiger partial charge in [0.05, 0.1) is 6.61 Å². The Labute approximate surface area is 134 Å². The highest BCUT2D eigenvalue weighted by molar-refractivity contribution is 5.49. The zero-order valence-corrected chi connectivity index (χ0v) is 13.3. The molecule has 23 heavy (non-hydrogen) atoms. The van der Waals surface area contributed by atoms with Crippen LogP contribution in [-0.2, 0) is 4.74 Å². The van der Waals surface area contributed by atoms with Crippen LogP contribution in [0.25, 0.3) is 0 Å². The Bertz CT molecular complexity index is 457. The van der Waals surface area contributed by atoms with E-state index in [9.17, 15) is 13.2 Å². The fraction of sp³-hybridized carbons (Fsp3) is 0.625. The second kappa shape index (κ2) is 8.40. The molecule has 0 unspecified atom stereocenters. The average Bonchev–Trinajstić information content (AvgIpc) is 2.52. The minimum absolute atomic E-state index is 0.130. The molecule has 0 atom stereocenters. The van der Waals surface area contributed by atoms with Crippen LogP contribution in [0.2, 0.25) is 0 Å². The van der Waals surface area contributed by atoms with E-state index in [1.165, 1.54) is 6.42 Å².